The molecule has 0 unspecified atom stereocenters. The van der Waals surface area contributed by atoms with Crippen LogP contribution in [0.1, 0.15) is 36.7 Å². The molecule has 0 N–H and O–H groups in total. The van der Waals surface area contributed by atoms with Crippen molar-refractivity contribution in [3.63, 3.8) is 0 Å². The zero-order valence-electron chi connectivity index (χ0n) is 21.1. The average molecular weight is 682 g/mol. The summed E-state index contributed by atoms with van der Waals surface area (Å²) in [6, 6.07) is 23.8. The van der Waals surface area contributed by atoms with Crippen molar-refractivity contribution < 1.29 is 9.47 Å². The number of methoxy groups -OCH3 is 1. The second kappa shape index (κ2) is 11.2. The van der Waals surface area contributed by atoms with E-state index in [1.807, 2.05) is 56.3 Å². The van der Waals surface area contributed by atoms with Gasteiger partial charge in [0, 0.05) is 10.4 Å². The maximum atomic E-state index is 13.3. The molecule has 5 rings (SSSR count). The molecule has 0 amide bonds. The van der Waals surface area contributed by atoms with Gasteiger partial charge in [-0.25, -0.2) is 4.98 Å². The number of fused-ring (bicyclic) bond motifs is 2. The molecule has 0 fully saturated rings. The van der Waals surface area contributed by atoms with Crippen molar-refractivity contribution in [1.29, 1.82) is 0 Å². The Morgan fingerprint density at radius 3 is 2.63 bits per heavy atom. The third kappa shape index (κ3) is 5.33. The summed E-state index contributed by atoms with van der Waals surface area (Å²) in [5.41, 5.74) is 2.31. The van der Waals surface area contributed by atoms with E-state index >= 15 is 0 Å². The molecule has 0 spiro atoms. The first-order chi connectivity index (χ1) is 18.4. The molecule has 1 heterocycles. The fourth-order valence-corrected chi connectivity index (χ4v) is 5.44. The number of ether oxygens (including phenoxy) is 2. The number of benzene rings is 4. The third-order valence-corrected chi connectivity index (χ3v) is 7.47. The molecule has 38 heavy (non-hydrogen) atoms. The van der Waals surface area contributed by atoms with E-state index in [1.54, 1.807) is 19.4 Å². The molecule has 0 atom stereocenters. The van der Waals surface area contributed by atoms with Crippen LogP contribution in [0, 0.1) is 3.57 Å². The van der Waals surface area contributed by atoms with Gasteiger partial charge in [0.15, 0.2) is 11.5 Å². The largest absolute Gasteiger partial charge is 0.493 e. The Kier molecular flexibility index (Phi) is 7.80. The number of halogens is 2. The van der Waals surface area contributed by atoms with Crippen molar-refractivity contribution in [2.24, 2.45) is 5.10 Å². The summed E-state index contributed by atoms with van der Waals surface area (Å²) in [5, 5.41) is 7.39. The third-order valence-electron chi connectivity index (χ3n) is 6.18. The Bertz CT molecular complexity index is 1740. The number of hydrogen-bond acceptors (Lipinski definition) is 5. The molecule has 0 radical (unpaired) electrons. The lowest BCUT2D eigenvalue weighted by Crippen LogP contribution is -2.23. The topological polar surface area (TPSA) is 65.7 Å². The molecule has 5 aromatic rings. The smallest absolute Gasteiger partial charge is 0.282 e. The molecule has 0 aliphatic heterocycles. The van der Waals surface area contributed by atoms with Crippen molar-refractivity contribution in [3.05, 3.63) is 108 Å². The van der Waals surface area contributed by atoms with Gasteiger partial charge >= 0.3 is 0 Å². The van der Waals surface area contributed by atoms with Crippen molar-refractivity contribution in [2.45, 2.75) is 26.4 Å². The first-order valence-electron chi connectivity index (χ1n) is 12.1. The van der Waals surface area contributed by atoms with Crippen molar-refractivity contribution >= 4 is 66.4 Å². The molecule has 192 valence electrons. The van der Waals surface area contributed by atoms with Crippen LogP contribution in [0.2, 0.25) is 0 Å². The van der Waals surface area contributed by atoms with E-state index in [2.05, 4.69) is 67.9 Å². The van der Waals surface area contributed by atoms with Gasteiger partial charge in [-0.05, 0) is 74.8 Å². The van der Waals surface area contributed by atoms with Crippen LogP contribution in [0.4, 0.5) is 0 Å². The van der Waals surface area contributed by atoms with Crippen LogP contribution in [-0.4, -0.2) is 23.0 Å². The van der Waals surface area contributed by atoms with E-state index in [-0.39, 0.29) is 11.5 Å². The molecule has 0 saturated carbocycles. The van der Waals surface area contributed by atoms with Gasteiger partial charge in [-0.2, -0.15) is 9.78 Å². The monoisotopic (exact) mass is 681 g/mol. The minimum Gasteiger partial charge on any atom is -0.493 e. The molecule has 0 bridgehead atoms. The number of rotatable bonds is 7. The van der Waals surface area contributed by atoms with E-state index in [1.165, 1.54) is 10.1 Å². The van der Waals surface area contributed by atoms with Gasteiger partial charge in [0.05, 0.1) is 27.8 Å². The van der Waals surface area contributed by atoms with E-state index < -0.39 is 0 Å². The lowest BCUT2D eigenvalue weighted by Gasteiger charge is -2.15. The minimum atomic E-state index is -0.215. The Morgan fingerprint density at radius 2 is 1.84 bits per heavy atom. The zero-order valence-corrected chi connectivity index (χ0v) is 24.9. The van der Waals surface area contributed by atoms with Gasteiger partial charge < -0.3 is 9.47 Å². The van der Waals surface area contributed by atoms with Crippen LogP contribution in [0.5, 0.6) is 11.5 Å². The number of hydrogen-bond donors (Lipinski definition) is 0. The average Bonchev–Trinajstić information content (AvgIpc) is 2.91. The normalized spacial score (nSPS) is 11.6. The molecule has 1 aromatic heterocycles. The Balaban J connectivity index is 1.48. The molecule has 6 nitrogen and oxygen atoms in total. The lowest BCUT2D eigenvalue weighted by molar-refractivity contribution is 0.283. The van der Waals surface area contributed by atoms with E-state index in [0.29, 0.717) is 34.8 Å². The summed E-state index contributed by atoms with van der Waals surface area (Å²) >= 11 is 5.68. The summed E-state index contributed by atoms with van der Waals surface area (Å²) in [7, 11) is 1.61. The van der Waals surface area contributed by atoms with Crippen molar-refractivity contribution in [2.75, 3.05) is 7.11 Å². The molecule has 8 heteroatoms. The van der Waals surface area contributed by atoms with Crippen LogP contribution in [0.25, 0.3) is 21.7 Å². The zero-order chi connectivity index (χ0) is 26.8. The standard InChI is InChI=1S/C30H25BrIN3O3/c1-18(2)29-34-26-12-11-22(31)15-24(26)30(36)35(29)33-16-19-13-25(32)28(27(14-19)37-3)38-17-21-9-6-8-20-7-4-5-10-23(20)21/h4-16,18H,17H2,1-3H3. The lowest BCUT2D eigenvalue weighted by atomic mass is 10.1. The van der Waals surface area contributed by atoms with Gasteiger partial charge in [-0.15, -0.1) is 0 Å². The molecule has 0 saturated heterocycles. The van der Waals surface area contributed by atoms with E-state index in [4.69, 9.17) is 14.5 Å². The summed E-state index contributed by atoms with van der Waals surface area (Å²) in [6.45, 7) is 4.39. The fraction of sp³-hybridized carbons (Fsp3) is 0.167. The van der Waals surface area contributed by atoms with E-state index in [9.17, 15) is 4.79 Å². The SMILES string of the molecule is COc1cc(C=Nn2c(C(C)C)nc3ccc(Br)cc3c2=O)cc(I)c1OCc1cccc2ccccc12. The summed E-state index contributed by atoms with van der Waals surface area (Å²) in [5.74, 6) is 1.86. The van der Waals surface area contributed by atoms with Crippen LogP contribution < -0.4 is 15.0 Å². The number of nitrogens with zero attached hydrogens (tertiary/aromatic N) is 3. The predicted molar refractivity (Wildman–Crippen MR) is 165 cm³/mol. The van der Waals surface area contributed by atoms with Gasteiger partial charge in [0.1, 0.15) is 12.4 Å². The number of aromatic nitrogens is 2. The maximum Gasteiger partial charge on any atom is 0.282 e. The summed E-state index contributed by atoms with van der Waals surface area (Å²) < 4.78 is 15.0. The van der Waals surface area contributed by atoms with Gasteiger partial charge in [0.2, 0.25) is 0 Å². The Hall–Kier alpha value is -3.24. The Labute approximate surface area is 242 Å². The highest BCUT2D eigenvalue weighted by molar-refractivity contribution is 14.1. The van der Waals surface area contributed by atoms with Crippen LogP contribution in [-0.2, 0) is 6.61 Å². The quantitative estimate of drug-likeness (QED) is 0.132. The first kappa shape index (κ1) is 26.4. The van der Waals surface area contributed by atoms with Gasteiger partial charge in [-0.1, -0.05) is 72.2 Å². The maximum absolute atomic E-state index is 13.3. The van der Waals surface area contributed by atoms with E-state index in [0.717, 1.165) is 24.6 Å². The second-order valence-electron chi connectivity index (χ2n) is 9.11. The summed E-state index contributed by atoms with van der Waals surface area (Å²) in [4.78, 5) is 18.0. The molecule has 0 aliphatic rings. The van der Waals surface area contributed by atoms with Crippen LogP contribution in [0.3, 0.4) is 0 Å². The van der Waals surface area contributed by atoms with Crippen molar-refractivity contribution in [1.82, 2.24) is 9.66 Å². The highest BCUT2D eigenvalue weighted by atomic mass is 127. The molecular formula is C30H25BrIN3O3. The minimum absolute atomic E-state index is 0.00686. The first-order valence-corrected chi connectivity index (χ1v) is 14.0. The Morgan fingerprint density at radius 1 is 1.05 bits per heavy atom. The molecule has 0 aliphatic carbocycles. The van der Waals surface area contributed by atoms with Crippen LogP contribution in [0.15, 0.2) is 87.2 Å². The molecular weight excluding hydrogens is 657 g/mol. The molecule has 4 aromatic carbocycles. The van der Waals surface area contributed by atoms with Gasteiger partial charge in [0.25, 0.3) is 5.56 Å². The fourth-order valence-electron chi connectivity index (χ4n) is 4.30. The highest BCUT2D eigenvalue weighted by Crippen LogP contribution is 2.35. The van der Waals surface area contributed by atoms with Crippen molar-refractivity contribution in [3.8, 4) is 11.5 Å². The second-order valence-corrected chi connectivity index (χ2v) is 11.2. The predicted octanol–water partition coefficient (Wildman–Crippen LogP) is 7.51. The highest BCUT2D eigenvalue weighted by Gasteiger charge is 2.15. The van der Waals surface area contributed by atoms with Crippen LogP contribution >= 0.6 is 38.5 Å². The summed E-state index contributed by atoms with van der Waals surface area (Å²) in [6.07, 6.45) is 1.65. The van der Waals surface area contributed by atoms with Gasteiger partial charge in [-0.3, -0.25) is 4.79 Å².